The first-order chi connectivity index (χ1) is 13.3. The number of alkyl halides is 3. The second kappa shape index (κ2) is 6.66. The van der Waals surface area contributed by atoms with E-state index in [2.05, 4.69) is 15.3 Å². The predicted molar refractivity (Wildman–Crippen MR) is 94.2 cm³/mol. The van der Waals surface area contributed by atoms with E-state index in [0.717, 1.165) is 6.07 Å². The summed E-state index contributed by atoms with van der Waals surface area (Å²) in [6.07, 6.45) is -4.52. The largest absolute Gasteiger partial charge is 0.454 e. The van der Waals surface area contributed by atoms with Gasteiger partial charge in [-0.05, 0) is 48.4 Å². The van der Waals surface area contributed by atoms with E-state index < -0.39 is 11.9 Å². The Balaban J connectivity index is 1.54. The molecule has 1 aromatic carbocycles. The van der Waals surface area contributed by atoms with Gasteiger partial charge in [-0.15, -0.1) is 0 Å². The third-order valence-electron chi connectivity index (χ3n) is 4.24. The number of amides is 1. The van der Waals surface area contributed by atoms with Crippen molar-refractivity contribution in [3.05, 3.63) is 53.2 Å². The highest BCUT2D eigenvalue weighted by molar-refractivity contribution is 5.92. The highest BCUT2D eigenvalue weighted by atomic mass is 19.4. The third kappa shape index (κ3) is 3.55. The first-order valence-corrected chi connectivity index (χ1v) is 8.33. The zero-order valence-electron chi connectivity index (χ0n) is 14.6. The van der Waals surface area contributed by atoms with E-state index in [-0.39, 0.29) is 30.6 Å². The van der Waals surface area contributed by atoms with Crippen LogP contribution in [-0.2, 0) is 17.4 Å². The highest BCUT2D eigenvalue weighted by Crippen LogP contribution is 2.33. The molecule has 144 valence electrons. The molecule has 0 bridgehead atoms. The Labute approximate surface area is 157 Å². The number of hydrogen-bond donors (Lipinski definition) is 1. The minimum Gasteiger partial charge on any atom is -0.454 e. The molecule has 3 heterocycles. The maximum absolute atomic E-state index is 13.0. The summed E-state index contributed by atoms with van der Waals surface area (Å²) >= 11 is 0. The molecule has 28 heavy (non-hydrogen) atoms. The minimum absolute atomic E-state index is 0.0470. The number of nitrogens with one attached hydrogen (secondary N) is 1. The number of ether oxygens (including phenoxy) is 2. The summed E-state index contributed by atoms with van der Waals surface area (Å²) < 4.78 is 49.4. The topological polar surface area (TPSA) is 73.3 Å². The SMILES string of the molecule is Cc1cc(C(F)(F)F)nc2nc(NC(=O)Cc3ccc4c(c3)OCO4)ccc12. The number of nitrogens with zero attached hydrogens (tertiary/aromatic N) is 2. The average molecular weight is 389 g/mol. The van der Waals surface area contributed by atoms with E-state index in [1.807, 2.05) is 0 Å². The smallest absolute Gasteiger partial charge is 0.433 e. The van der Waals surface area contributed by atoms with Crippen molar-refractivity contribution >= 4 is 22.8 Å². The van der Waals surface area contributed by atoms with E-state index in [9.17, 15) is 18.0 Å². The number of rotatable bonds is 3. The van der Waals surface area contributed by atoms with Crippen LogP contribution in [0.2, 0.25) is 0 Å². The highest BCUT2D eigenvalue weighted by Gasteiger charge is 2.33. The van der Waals surface area contributed by atoms with Crippen molar-refractivity contribution in [2.45, 2.75) is 19.5 Å². The van der Waals surface area contributed by atoms with Crippen molar-refractivity contribution in [3.63, 3.8) is 0 Å². The summed E-state index contributed by atoms with van der Waals surface area (Å²) in [6.45, 7) is 1.69. The number of aryl methyl sites for hydroxylation is 1. The van der Waals surface area contributed by atoms with E-state index in [4.69, 9.17) is 9.47 Å². The fourth-order valence-corrected chi connectivity index (χ4v) is 2.91. The lowest BCUT2D eigenvalue weighted by atomic mass is 10.1. The van der Waals surface area contributed by atoms with Gasteiger partial charge in [-0.2, -0.15) is 13.2 Å². The molecule has 0 spiro atoms. The zero-order chi connectivity index (χ0) is 19.9. The Morgan fingerprint density at radius 3 is 2.68 bits per heavy atom. The van der Waals surface area contributed by atoms with Gasteiger partial charge in [-0.3, -0.25) is 4.79 Å². The third-order valence-corrected chi connectivity index (χ3v) is 4.24. The Kier molecular flexibility index (Phi) is 4.29. The second-order valence-corrected chi connectivity index (χ2v) is 6.30. The number of anilines is 1. The maximum Gasteiger partial charge on any atom is 0.433 e. The zero-order valence-corrected chi connectivity index (χ0v) is 14.6. The van der Waals surface area contributed by atoms with Crippen LogP contribution in [0.3, 0.4) is 0 Å². The molecule has 0 saturated heterocycles. The molecule has 1 N–H and O–H groups in total. The van der Waals surface area contributed by atoms with Crippen molar-refractivity contribution in [3.8, 4) is 11.5 Å². The summed E-state index contributed by atoms with van der Waals surface area (Å²) in [5.74, 6) is 0.939. The molecule has 0 radical (unpaired) electrons. The normalized spacial score (nSPS) is 13.0. The number of benzene rings is 1. The lowest BCUT2D eigenvalue weighted by Crippen LogP contribution is -2.15. The first-order valence-electron chi connectivity index (χ1n) is 8.33. The number of carbonyl (C=O) groups excluding carboxylic acids is 1. The van der Waals surface area contributed by atoms with Crippen LogP contribution in [0.5, 0.6) is 11.5 Å². The van der Waals surface area contributed by atoms with Crippen molar-refractivity contribution < 1.29 is 27.4 Å². The van der Waals surface area contributed by atoms with Crippen molar-refractivity contribution in [1.29, 1.82) is 0 Å². The predicted octanol–water partition coefficient (Wildman–Crippen LogP) is 3.87. The van der Waals surface area contributed by atoms with Crippen molar-refractivity contribution in [2.24, 2.45) is 0 Å². The average Bonchev–Trinajstić information content (AvgIpc) is 3.08. The molecule has 2 aromatic heterocycles. The van der Waals surface area contributed by atoms with Gasteiger partial charge in [0.15, 0.2) is 17.1 Å². The fraction of sp³-hybridized carbons (Fsp3) is 0.211. The van der Waals surface area contributed by atoms with E-state index in [1.54, 1.807) is 31.2 Å². The number of fused-ring (bicyclic) bond motifs is 2. The molecule has 4 rings (SSSR count). The van der Waals surface area contributed by atoms with Gasteiger partial charge < -0.3 is 14.8 Å². The Morgan fingerprint density at radius 2 is 1.89 bits per heavy atom. The van der Waals surface area contributed by atoms with Gasteiger partial charge in [0, 0.05) is 5.39 Å². The molecule has 1 aliphatic heterocycles. The Morgan fingerprint density at radius 1 is 1.11 bits per heavy atom. The molecular weight excluding hydrogens is 375 g/mol. The van der Waals surface area contributed by atoms with Gasteiger partial charge in [0.05, 0.1) is 6.42 Å². The molecule has 0 unspecified atom stereocenters. The molecule has 3 aromatic rings. The van der Waals surface area contributed by atoms with Crippen LogP contribution in [0.4, 0.5) is 19.0 Å². The van der Waals surface area contributed by atoms with Crippen molar-refractivity contribution in [1.82, 2.24) is 9.97 Å². The van der Waals surface area contributed by atoms with Gasteiger partial charge in [0.25, 0.3) is 0 Å². The van der Waals surface area contributed by atoms with E-state index >= 15 is 0 Å². The van der Waals surface area contributed by atoms with Gasteiger partial charge in [0.2, 0.25) is 12.7 Å². The summed E-state index contributed by atoms with van der Waals surface area (Å²) in [5.41, 5.74) is 0.0148. The monoisotopic (exact) mass is 389 g/mol. The van der Waals surface area contributed by atoms with Gasteiger partial charge in [0.1, 0.15) is 11.5 Å². The van der Waals surface area contributed by atoms with Gasteiger partial charge in [-0.1, -0.05) is 6.07 Å². The van der Waals surface area contributed by atoms with Gasteiger partial charge in [-0.25, -0.2) is 9.97 Å². The summed E-state index contributed by atoms with van der Waals surface area (Å²) in [7, 11) is 0. The molecule has 9 heteroatoms. The van der Waals surface area contributed by atoms with Crippen LogP contribution in [-0.4, -0.2) is 22.7 Å². The standard InChI is InChI=1S/C19H14F3N3O3/c1-10-6-15(19(20,21)22)23-18-12(10)3-5-16(25-18)24-17(26)8-11-2-4-13-14(7-11)28-9-27-13/h2-7H,8-9H2,1H3,(H,23,24,25,26). The van der Waals surface area contributed by atoms with Crippen LogP contribution in [0.1, 0.15) is 16.8 Å². The molecule has 1 amide bonds. The fourth-order valence-electron chi connectivity index (χ4n) is 2.91. The first kappa shape index (κ1) is 18.0. The van der Waals surface area contributed by atoms with Crippen LogP contribution in [0.25, 0.3) is 11.0 Å². The lowest BCUT2D eigenvalue weighted by molar-refractivity contribution is -0.141. The van der Waals surface area contributed by atoms with Gasteiger partial charge >= 0.3 is 6.18 Å². The number of halogens is 3. The van der Waals surface area contributed by atoms with E-state index in [0.29, 0.717) is 28.0 Å². The molecule has 0 fully saturated rings. The summed E-state index contributed by atoms with van der Waals surface area (Å²) in [4.78, 5) is 19.9. The Hall–Kier alpha value is -3.36. The lowest BCUT2D eigenvalue weighted by Gasteiger charge is -2.10. The molecule has 0 atom stereocenters. The van der Waals surface area contributed by atoms with Crippen LogP contribution in [0, 0.1) is 6.92 Å². The number of aromatic nitrogens is 2. The van der Waals surface area contributed by atoms with Crippen LogP contribution < -0.4 is 14.8 Å². The number of pyridine rings is 2. The molecular formula is C19H14F3N3O3. The minimum atomic E-state index is -4.57. The Bertz CT molecular complexity index is 1080. The van der Waals surface area contributed by atoms with Crippen molar-refractivity contribution in [2.75, 3.05) is 12.1 Å². The number of carbonyl (C=O) groups is 1. The summed E-state index contributed by atoms with van der Waals surface area (Å²) in [5, 5.41) is 3.07. The molecule has 0 aliphatic carbocycles. The maximum atomic E-state index is 13.0. The quantitative estimate of drug-likeness (QED) is 0.736. The summed E-state index contributed by atoms with van der Waals surface area (Å²) in [6, 6.07) is 9.24. The second-order valence-electron chi connectivity index (χ2n) is 6.30. The number of hydrogen-bond acceptors (Lipinski definition) is 5. The molecule has 6 nitrogen and oxygen atoms in total. The van der Waals surface area contributed by atoms with Crippen LogP contribution >= 0.6 is 0 Å². The van der Waals surface area contributed by atoms with E-state index in [1.165, 1.54) is 6.07 Å². The molecule has 1 aliphatic rings. The van der Waals surface area contributed by atoms with Crippen LogP contribution in [0.15, 0.2) is 36.4 Å². The molecule has 0 saturated carbocycles.